The third-order valence-electron chi connectivity index (χ3n) is 10.1. The monoisotopic (exact) mass is 681 g/mol. The van der Waals surface area contributed by atoms with Crippen molar-refractivity contribution in [1.82, 2.24) is 15.0 Å². The Balaban J connectivity index is 1.14. The van der Waals surface area contributed by atoms with E-state index in [0.29, 0.717) is 17.5 Å². The van der Waals surface area contributed by atoms with E-state index in [1.54, 1.807) is 11.3 Å². The molecule has 0 radical (unpaired) electrons. The van der Waals surface area contributed by atoms with Crippen molar-refractivity contribution in [3.8, 4) is 45.3 Å². The molecule has 0 saturated carbocycles. The Bertz CT molecular complexity index is 3190. The summed E-state index contributed by atoms with van der Waals surface area (Å²) in [6.07, 6.45) is 0. The van der Waals surface area contributed by atoms with Gasteiger partial charge in [0.15, 0.2) is 17.5 Å². The van der Waals surface area contributed by atoms with Crippen molar-refractivity contribution in [2.45, 2.75) is 0 Å². The highest BCUT2D eigenvalue weighted by molar-refractivity contribution is 7.26. The molecule has 52 heavy (non-hydrogen) atoms. The lowest BCUT2D eigenvalue weighted by Crippen LogP contribution is -2.00. The molecule has 11 rings (SSSR count). The summed E-state index contributed by atoms with van der Waals surface area (Å²) < 4.78 is 9.05. The van der Waals surface area contributed by atoms with E-state index in [2.05, 4.69) is 146 Å². The van der Waals surface area contributed by atoms with Crippen LogP contribution < -0.4 is 0 Å². The number of aromatic nitrogens is 3. The molecule has 0 aliphatic rings. The topological polar surface area (TPSA) is 51.8 Å². The molecule has 0 amide bonds. The lowest BCUT2D eigenvalue weighted by atomic mass is 9.92. The highest BCUT2D eigenvalue weighted by Crippen LogP contribution is 2.43. The van der Waals surface area contributed by atoms with Crippen molar-refractivity contribution in [1.29, 1.82) is 0 Å². The summed E-state index contributed by atoms with van der Waals surface area (Å²) in [7, 11) is 0. The van der Waals surface area contributed by atoms with Gasteiger partial charge in [0.25, 0.3) is 0 Å². The minimum atomic E-state index is 0.620. The molecular formula is C47H27N3OS. The molecule has 11 aromatic rings. The minimum Gasteiger partial charge on any atom is -0.456 e. The zero-order chi connectivity index (χ0) is 34.2. The number of furan rings is 1. The van der Waals surface area contributed by atoms with E-state index in [1.165, 1.54) is 41.9 Å². The Morgan fingerprint density at radius 2 is 1.04 bits per heavy atom. The molecule has 3 heterocycles. The van der Waals surface area contributed by atoms with Gasteiger partial charge in [-0.1, -0.05) is 127 Å². The van der Waals surface area contributed by atoms with Crippen molar-refractivity contribution in [3.05, 3.63) is 164 Å². The van der Waals surface area contributed by atoms with Crippen LogP contribution in [0.1, 0.15) is 0 Å². The third-order valence-corrected chi connectivity index (χ3v) is 11.3. The van der Waals surface area contributed by atoms with E-state index < -0.39 is 0 Å². The fourth-order valence-electron chi connectivity index (χ4n) is 7.73. The maximum atomic E-state index is 6.64. The molecule has 0 atom stereocenters. The molecule has 0 aliphatic carbocycles. The number of fused-ring (bicyclic) bond motifs is 9. The molecule has 8 aromatic carbocycles. The van der Waals surface area contributed by atoms with Gasteiger partial charge in [-0.15, -0.1) is 11.3 Å². The Labute approximate surface area is 302 Å². The summed E-state index contributed by atoms with van der Waals surface area (Å²) in [5, 5.41) is 9.35. The maximum Gasteiger partial charge on any atom is 0.165 e. The Kier molecular flexibility index (Phi) is 6.39. The highest BCUT2D eigenvalue weighted by atomic mass is 32.1. The highest BCUT2D eigenvalue weighted by Gasteiger charge is 2.20. The molecule has 3 aromatic heterocycles. The van der Waals surface area contributed by atoms with E-state index in [4.69, 9.17) is 19.4 Å². The summed E-state index contributed by atoms with van der Waals surface area (Å²) >= 11 is 1.78. The quantitative estimate of drug-likeness (QED) is 0.185. The second-order valence-electron chi connectivity index (χ2n) is 13.1. The normalized spacial score (nSPS) is 11.8. The van der Waals surface area contributed by atoms with Crippen molar-refractivity contribution >= 4 is 75.0 Å². The van der Waals surface area contributed by atoms with Crippen LogP contribution in [-0.4, -0.2) is 15.0 Å². The molecule has 0 spiro atoms. The molecule has 0 bridgehead atoms. The van der Waals surface area contributed by atoms with E-state index in [-0.39, 0.29) is 0 Å². The van der Waals surface area contributed by atoms with Gasteiger partial charge in [-0.05, 0) is 69.1 Å². The molecule has 0 saturated heterocycles. The van der Waals surface area contributed by atoms with Crippen molar-refractivity contribution < 1.29 is 4.42 Å². The van der Waals surface area contributed by atoms with Crippen molar-refractivity contribution in [2.75, 3.05) is 0 Å². The van der Waals surface area contributed by atoms with Gasteiger partial charge in [0.1, 0.15) is 11.2 Å². The molecule has 0 N–H and O–H groups in total. The summed E-state index contributed by atoms with van der Waals surface area (Å²) in [4.78, 5) is 15.4. The zero-order valence-electron chi connectivity index (χ0n) is 27.7. The second-order valence-corrected chi connectivity index (χ2v) is 14.2. The van der Waals surface area contributed by atoms with Crippen molar-refractivity contribution in [3.63, 3.8) is 0 Å². The average molecular weight is 682 g/mol. The summed E-state index contributed by atoms with van der Waals surface area (Å²) in [5.74, 6) is 1.92. The summed E-state index contributed by atoms with van der Waals surface area (Å²) in [5.41, 5.74) is 6.88. The summed E-state index contributed by atoms with van der Waals surface area (Å²) in [6.45, 7) is 0. The molecule has 242 valence electrons. The first kappa shape index (κ1) is 29.1. The number of nitrogens with zero attached hydrogens (tertiary/aromatic N) is 3. The van der Waals surface area contributed by atoms with Gasteiger partial charge in [-0.2, -0.15) is 0 Å². The van der Waals surface area contributed by atoms with Crippen LogP contribution in [0.15, 0.2) is 168 Å². The first-order chi connectivity index (χ1) is 25.8. The Morgan fingerprint density at radius 3 is 1.92 bits per heavy atom. The Hall–Kier alpha value is -6.69. The molecule has 4 nitrogen and oxygen atoms in total. The number of thiophene rings is 1. The van der Waals surface area contributed by atoms with Crippen LogP contribution in [0.4, 0.5) is 0 Å². The molecule has 0 aliphatic heterocycles. The fourth-order valence-corrected chi connectivity index (χ4v) is 8.94. The van der Waals surface area contributed by atoms with Crippen molar-refractivity contribution in [2.24, 2.45) is 0 Å². The van der Waals surface area contributed by atoms with Crippen LogP contribution >= 0.6 is 11.3 Å². The number of rotatable bonds is 4. The van der Waals surface area contributed by atoms with Gasteiger partial charge >= 0.3 is 0 Å². The lowest BCUT2D eigenvalue weighted by molar-refractivity contribution is 0.669. The van der Waals surface area contributed by atoms with Crippen LogP contribution in [0.25, 0.3) is 109 Å². The minimum absolute atomic E-state index is 0.620. The van der Waals surface area contributed by atoms with Crippen LogP contribution in [0, 0.1) is 0 Å². The first-order valence-corrected chi connectivity index (χ1v) is 18.2. The Morgan fingerprint density at radius 1 is 0.385 bits per heavy atom. The third kappa shape index (κ3) is 4.50. The molecular weight excluding hydrogens is 655 g/mol. The average Bonchev–Trinajstić information content (AvgIpc) is 3.79. The van der Waals surface area contributed by atoms with E-state index in [1.807, 2.05) is 18.2 Å². The van der Waals surface area contributed by atoms with Gasteiger partial charge in [0, 0.05) is 47.6 Å². The van der Waals surface area contributed by atoms with E-state index >= 15 is 0 Å². The smallest absolute Gasteiger partial charge is 0.165 e. The van der Waals surface area contributed by atoms with Crippen LogP contribution in [0.3, 0.4) is 0 Å². The first-order valence-electron chi connectivity index (χ1n) is 17.4. The predicted octanol–water partition coefficient (Wildman–Crippen LogP) is 13.1. The molecule has 0 fully saturated rings. The maximum absolute atomic E-state index is 6.64. The van der Waals surface area contributed by atoms with E-state index in [9.17, 15) is 0 Å². The van der Waals surface area contributed by atoms with E-state index in [0.717, 1.165) is 49.6 Å². The van der Waals surface area contributed by atoms with Crippen LogP contribution in [-0.2, 0) is 0 Å². The van der Waals surface area contributed by atoms with Gasteiger partial charge in [0.05, 0.1) is 0 Å². The largest absolute Gasteiger partial charge is 0.456 e. The molecule has 5 heteroatoms. The van der Waals surface area contributed by atoms with Gasteiger partial charge in [-0.25, -0.2) is 15.0 Å². The zero-order valence-corrected chi connectivity index (χ0v) is 28.6. The van der Waals surface area contributed by atoms with Gasteiger partial charge in [-0.3, -0.25) is 0 Å². The lowest BCUT2D eigenvalue weighted by Gasteiger charge is -2.11. The van der Waals surface area contributed by atoms with Crippen LogP contribution in [0.5, 0.6) is 0 Å². The molecule has 0 unspecified atom stereocenters. The standard InChI is InChI=1S/C47H27N3OS/c1-2-13-29(14-3-1)45-48-46(50-47(49-45)37-22-11-21-36-34-18-8-9-23-42(34)52-44(36)37)30-24-25-40-39(26-30)43-35-19-7-6-17-33(35)38(27-41(43)51-40)32-20-10-15-28-12-4-5-16-31(28)32/h1-27H. The predicted molar refractivity (Wildman–Crippen MR) is 217 cm³/mol. The second kappa shape index (κ2) is 11.4. The number of hydrogen-bond donors (Lipinski definition) is 0. The van der Waals surface area contributed by atoms with Gasteiger partial charge in [0.2, 0.25) is 0 Å². The SMILES string of the molecule is c1ccc(-c2nc(-c3ccc4oc5cc(-c6cccc7ccccc67)c6ccccc6c5c4c3)nc(-c3cccc4c3sc3ccccc34)n2)cc1. The summed E-state index contributed by atoms with van der Waals surface area (Å²) in [6, 6.07) is 57.3. The van der Waals surface area contributed by atoms with Gasteiger partial charge < -0.3 is 4.42 Å². The number of hydrogen-bond acceptors (Lipinski definition) is 5. The number of benzene rings is 8. The fraction of sp³-hybridized carbons (Fsp3) is 0. The van der Waals surface area contributed by atoms with Crippen LogP contribution in [0.2, 0.25) is 0 Å².